The SMILES string of the molecule is CCn1c2ccccc2c2cc(NS(=O)(=O)c3nnc(NC(=O)c4ccccc4Cl)s3)ccc21. The number of para-hydroxylation sites is 1. The Morgan fingerprint density at radius 1 is 1.00 bits per heavy atom. The van der Waals surface area contributed by atoms with Gasteiger partial charge in [-0.05, 0) is 43.3 Å². The number of sulfonamides is 1. The van der Waals surface area contributed by atoms with Crippen molar-refractivity contribution in [2.45, 2.75) is 17.8 Å². The van der Waals surface area contributed by atoms with Crippen LogP contribution in [0.2, 0.25) is 5.02 Å². The Morgan fingerprint density at radius 3 is 2.53 bits per heavy atom. The van der Waals surface area contributed by atoms with Crippen LogP contribution in [0.3, 0.4) is 0 Å². The van der Waals surface area contributed by atoms with Crippen molar-refractivity contribution in [3.8, 4) is 0 Å². The van der Waals surface area contributed by atoms with Gasteiger partial charge in [-0.15, -0.1) is 10.2 Å². The number of nitrogens with one attached hydrogen (secondary N) is 2. The van der Waals surface area contributed by atoms with Crippen molar-refractivity contribution in [2.24, 2.45) is 0 Å². The van der Waals surface area contributed by atoms with Crippen LogP contribution < -0.4 is 10.0 Å². The maximum Gasteiger partial charge on any atom is 0.291 e. The van der Waals surface area contributed by atoms with Gasteiger partial charge in [-0.3, -0.25) is 14.8 Å². The first-order valence-electron chi connectivity index (χ1n) is 10.3. The minimum absolute atomic E-state index is 0.0479. The molecular weight excluding hydrogens is 494 g/mol. The summed E-state index contributed by atoms with van der Waals surface area (Å²) in [5.41, 5.74) is 2.76. The second kappa shape index (κ2) is 8.71. The van der Waals surface area contributed by atoms with Crippen molar-refractivity contribution in [2.75, 3.05) is 10.0 Å². The Balaban J connectivity index is 1.41. The van der Waals surface area contributed by atoms with Gasteiger partial charge in [0.15, 0.2) is 0 Å². The van der Waals surface area contributed by atoms with Crippen LogP contribution in [0, 0.1) is 0 Å². The second-order valence-electron chi connectivity index (χ2n) is 7.41. The summed E-state index contributed by atoms with van der Waals surface area (Å²) in [6.45, 7) is 2.86. The molecule has 2 N–H and O–H groups in total. The Morgan fingerprint density at radius 2 is 1.74 bits per heavy atom. The van der Waals surface area contributed by atoms with E-state index in [1.807, 2.05) is 36.4 Å². The van der Waals surface area contributed by atoms with Crippen molar-refractivity contribution in [1.82, 2.24) is 14.8 Å². The van der Waals surface area contributed by atoms with E-state index in [4.69, 9.17) is 11.6 Å². The number of fused-ring (bicyclic) bond motifs is 3. The number of amides is 1. The maximum absolute atomic E-state index is 12.9. The first-order valence-corrected chi connectivity index (χ1v) is 13.0. The highest BCUT2D eigenvalue weighted by atomic mass is 35.5. The number of carbonyl (C=O) groups is 1. The number of benzene rings is 3. The number of carbonyl (C=O) groups excluding carboxylic acids is 1. The summed E-state index contributed by atoms with van der Waals surface area (Å²) in [6, 6.07) is 19.9. The van der Waals surface area contributed by atoms with E-state index in [9.17, 15) is 13.2 Å². The molecule has 0 saturated carbocycles. The third-order valence-corrected chi connectivity index (χ3v) is 8.23. The molecule has 5 aromatic rings. The molecule has 11 heteroatoms. The number of aryl methyl sites for hydroxylation is 1. The Labute approximate surface area is 204 Å². The standard InChI is InChI=1S/C23H18ClN5O3S2/c1-2-29-19-10-6-4-7-15(19)17-13-14(11-12-20(17)29)28-34(31,32)23-27-26-22(33-23)25-21(30)16-8-3-5-9-18(16)24/h3-13,28H,2H2,1H3,(H,25,26,30). The van der Waals surface area contributed by atoms with Crippen LogP contribution in [0.5, 0.6) is 0 Å². The fourth-order valence-electron chi connectivity index (χ4n) is 3.84. The van der Waals surface area contributed by atoms with Gasteiger partial charge in [0.2, 0.25) is 5.13 Å². The molecule has 0 aliphatic carbocycles. The zero-order chi connectivity index (χ0) is 23.9. The number of hydrogen-bond donors (Lipinski definition) is 2. The van der Waals surface area contributed by atoms with Crippen LogP contribution in [-0.2, 0) is 16.6 Å². The van der Waals surface area contributed by atoms with Crippen LogP contribution in [0.1, 0.15) is 17.3 Å². The smallest absolute Gasteiger partial charge is 0.291 e. The van der Waals surface area contributed by atoms with Gasteiger partial charge in [-0.25, -0.2) is 0 Å². The molecule has 172 valence electrons. The van der Waals surface area contributed by atoms with E-state index < -0.39 is 15.9 Å². The summed E-state index contributed by atoms with van der Waals surface area (Å²) in [4.78, 5) is 12.4. The van der Waals surface area contributed by atoms with Gasteiger partial charge in [0.25, 0.3) is 20.3 Å². The predicted octanol–water partition coefficient (Wildman–Crippen LogP) is 5.37. The van der Waals surface area contributed by atoms with E-state index in [0.29, 0.717) is 5.69 Å². The van der Waals surface area contributed by atoms with Crippen LogP contribution in [0.25, 0.3) is 21.8 Å². The number of nitrogens with zero attached hydrogens (tertiary/aromatic N) is 3. The minimum atomic E-state index is -4.01. The topological polar surface area (TPSA) is 106 Å². The molecule has 0 aliphatic rings. The number of hydrogen-bond acceptors (Lipinski definition) is 6. The zero-order valence-corrected chi connectivity index (χ0v) is 20.2. The first-order chi connectivity index (χ1) is 16.4. The molecule has 0 spiro atoms. The Bertz CT molecular complexity index is 1660. The van der Waals surface area contributed by atoms with E-state index in [1.165, 1.54) is 0 Å². The molecule has 0 radical (unpaired) electrons. The van der Waals surface area contributed by atoms with E-state index >= 15 is 0 Å². The molecule has 0 saturated heterocycles. The molecule has 2 aromatic heterocycles. The normalized spacial score (nSPS) is 11.7. The fraction of sp³-hybridized carbons (Fsp3) is 0.0870. The summed E-state index contributed by atoms with van der Waals surface area (Å²) in [7, 11) is -4.01. The zero-order valence-electron chi connectivity index (χ0n) is 17.8. The predicted molar refractivity (Wildman–Crippen MR) is 135 cm³/mol. The van der Waals surface area contributed by atoms with Crippen molar-refractivity contribution < 1.29 is 13.2 Å². The first kappa shape index (κ1) is 22.3. The van der Waals surface area contributed by atoms with Crippen LogP contribution >= 0.6 is 22.9 Å². The molecule has 8 nitrogen and oxygen atoms in total. The van der Waals surface area contributed by atoms with Crippen molar-refractivity contribution in [3.63, 3.8) is 0 Å². The van der Waals surface area contributed by atoms with E-state index in [0.717, 1.165) is 39.7 Å². The largest absolute Gasteiger partial charge is 0.341 e. The van der Waals surface area contributed by atoms with Crippen molar-refractivity contribution in [3.05, 3.63) is 77.3 Å². The molecule has 0 aliphatic heterocycles. The summed E-state index contributed by atoms with van der Waals surface area (Å²) >= 11 is 6.79. The van der Waals surface area contributed by atoms with Crippen molar-refractivity contribution in [1.29, 1.82) is 0 Å². The van der Waals surface area contributed by atoms with Gasteiger partial charge in [0, 0.05) is 34.0 Å². The quantitative estimate of drug-likeness (QED) is 0.298. The minimum Gasteiger partial charge on any atom is -0.341 e. The summed E-state index contributed by atoms with van der Waals surface area (Å²) in [5, 5.41) is 12.4. The molecule has 1 amide bonds. The monoisotopic (exact) mass is 511 g/mol. The van der Waals surface area contributed by atoms with Crippen LogP contribution in [0.15, 0.2) is 71.1 Å². The lowest BCUT2D eigenvalue weighted by Crippen LogP contribution is -2.12. The summed E-state index contributed by atoms with van der Waals surface area (Å²) in [5.74, 6) is -0.503. The third kappa shape index (κ3) is 4.00. The van der Waals surface area contributed by atoms with Crippen molar-refractivity contribution >= 4 is 71.5 Å². The Kier molecular flexibility index (Phi) is 5.72. The highest BCUT2D eigenvalue weighted by molar-refractivity contribution is 7.94. The lowest BCUT2D eigenvalue weighted by Gasteiger charge is -2.06. The van der Waals surface area contributed by atoms with Gasteiger partial charge in [-0.2, -0.15) is 8.42 Å². The highest BCUT2D eigenvalue weighted by Gasteiger charge is 2.22. The van der Waals surface area contributed by atoms with Gasteiger partial charge < -0.3 is 4.57 Å². The molecule has 2 heterocycles. The maximum atomic E-state index is 12.9. The fourth-order valence-corrected chi connectivity index (χ4v) is 6.00. The van der Waals surface area contributed by atoms with Crippen LogP contribution in [-0.4, -0.2) is 29.1 Å². The average molecular weight is 512 g/mol. The summed E-state index contributed by atoms with van der Waals surface area (Å²) in [6.07, 6.45) is 0. The Hall–Kier alpha value is -3.47. The molecule has 0 atom stereocenters. The average Bonchev–Trinajstić information content (AvgIpc) is 3.42. The third-order valence-electron chi connectivity index (χ3n) is 5.32. The molecule has 3 aromatic carbocycles. The van der Waals surface area contributed by atoms with E-state index in [1.54, 1.807) is 30.3 Å². The number of halogens is 1. The van der Waals surface area contributed by atoms with Crippen LogP contribution in [0.4, 0.5) is 10.8 Å². The lowest BCUT2D eigenvalue weighted by atomic mass is 10.1. The van der Waals surface area contributed by atoms with Gasteiger partial charge in [0.05, 0.1) is 10.6 Å². The molecule has 5 rings (SSSR count). The number of anilines is 2. The van der Waals surface area contributed by atoms with E-state index in [-0.39, 0.29) is 20.1 Å². The molecular formula is C23H18ClN5O3S2. The van der Waals surface area contributed by atoms with Gasteiger partial charge >= 0.3 is 0 Å². The lowest BCUT2D eigenvalue weighted by molar-refractivity contribution is 0.102. The number of rotatable bonds is 6. The van der Waals surface area contributed by atoms with E-state index in [2.05, 4.69) is 31.7 Å². The van der Waals surface area contributed by atoms with Gasteiger partial charge in [0.1, 0.15) is 0 Å². The summed E-state index contributed by atoms with van der Waals surface area (Å²) < 4.78 is 30.4. The molecule has 0 unspecified atom stereocenters. The van der Waals surface area contributed by atoms with Gasteiger partial charge in [-0.1, -0.05) is 53.3 Å². The molecule has 0 fully saturated rings. The molecule has 0 bridgehead atoms. The second-order valence-corrected chi connectivity index (χ2v) is 10.6. The number of aromatic nitrogens is 3. The molecule has 34 heavy (non-hydrogen) atoms. The highest BCUT2D eigenvalue weighted by Crippen LogP contribution is 2.32.